The van der Waals surface area contributed by atoms with Crippen LogP contribution < -0.4 is 5.32 Å². The Labute approximate surface area is 117 Å². The van der Waals surface area contributed by atoms with Crippen LogP contribution in [0.3, 0.4) is 0 Å². The smallest absolute Gasteiger partial charge is 0.463 e. The molecule has 21 heavy (non-hydrogen) atoms. The number of benzene rings is 1. The van der Waals surface area contributed by atoms with Gasteiger partial charge in [-0.25, -0.2) is 9.18 Å². The van der Waals surface area contributed by atoms with Crippen LogP contribution >= 0.6 is 0 Å². The highest BCUT2D eigenvalue weighted by Gasteiger charge is 2.39. The van der Waals surface area contributed by atoms with Gasteiger partial charge in [0.2, 0.25) is 0 Å². The molecule has 0 aliphatic rings. The molecule has 1 N–H and O–H groups in total. The normalized spacial score (nSPS) is 11.5. The van der Waals surface area contributed by atoms with Crippen LogP contribution in [0.1, 0.15) is 12.5 Å². The Morgan fingerprint density at radius 2 is 2.00 bits per heavy atom. The summed E-state index contributed by atoms with van der Waals surface area (Å²) in [6.45, 7) is 1.77. The van der Waals surface area contributed by atoms with E-state index >= 15 is 0 Å². The third kappa shape index (κ3) is 5.25. The predicted molar refractivity (Wildman–Crippen MR) is 66.8 cm³/mol. The van der Waals surface area contributed by atoms with E-state index in [9.17, 15) is 27.2 Å². The summed E-state index contributed by atoms with van der Waals surface area (Å²) in [6, 6.07) is 3.07. The van der Waals surface area contributed by atoms with Crippen molar-refractivity contribution in [2.75, 3.05) is 11.9 Å². The zero-order valence-corrected chi connectivity index (χ0v) is 10.8. The van der Waals surface area contributed by atoms with Crippen molar-refractivity contribution in [1.82, 2.24) is 0 Å². The van der Waals surface area contributed by atoms with Crippen LogP contribution in [0, 0.1) is 5.82 Å². The molecule has 1 aromatic carbocycles. The van der Waals surface area contributed by atoms with E-state index in [0.29, 0.717) is 0 Å². The van der Waals surface area contributed by atoms with E-state index in [4.69, 9.17) is 0 Å². The van der Waals surface area contributed by atoms with Crippen molar-refractivity contribution in [1.29, 1.82) is 0 Å². The van der Waals surface area contributed by atoms with E-state index < -0.39 is 29.6 Å². The van der Waals surface area contributed by atoms with E-state index in [1.807, 2.05) is 0 Å². The lowest BCUT2D eigenvalue weighted by Gasteiger charge is -2.09. The minimum atomic E-state index is -5.12. The van der Waals surface area contributed by atoms with Crippen molar-refractivity contribution >= 4 is 23.6 Å². The molecule has 0 fully saturated rings. The Hall–Kier alpha value is -2.38. The number of rotatable bonds is 4. The topological polar surface area (TPSA) is 55.4 Å². The monoisotopic (exact) mass is 305 g/mol. The van der Waals surface area contributed by atoms with Crippen molar-refractivity contribution in [3.05, 3.63) is 35.7 Å². The molecule has 4 nitrogen and oxygen atoms in total. The number of carbonyl (C=O) groups excluding carboxylic acids is 2. The summed E-state index contributed by atoms with van der Waals surface area (Å²) in [6.07, 6.45) is -2.87. The van der Waals surface area contributed by atoms with Gasteiger partial charge in [0.05, 0.1) is 12.3 Å². The van der Waals surface area contributed by atoms with Crippen LogP contribution in [-0.4, -0.2) is 24.7 Å². The molecule has 0 atom stereocenters. The summed E-state index contributed by atoms with van der Waals surface area (Å²) in [5.41, 5.74) is -0.412. The van der Waals surface area contributed by atoms with Gasteiger partial charge in [-0.05, 0) is 30.7 Å². The molecule has 1 aromatic rings. The number of hydrogen-bond donors (Lipinski definition) is 1. The zero-order valence-electron chi connectivity index (χ0n) is 10.8. The summed E-state index contributed by atoms with van der Waals surface area (Å²) in [4.78, 5) is 21.8. The second kappa shape index (κ2) is 6.87. The van der Waals surface area contributed by atoms with Crippen molar-refractivity contribution in [2.24, 2.45) is 0 Å². The first-order chi connectivity index (χ1) is 9.74. The van der Waals surface area contributed by atoms with E-state index in [1.165, 1.54) is 17.5 Å². The van der Waals surface area contributed by atoms with Crippen LogP contribution in [0.2, 0.25) is 0 Å². The Kier molecular flexibility index (Phi) is 5.45. The van der Waals surface area contributed by atoms with Crippen LogP contribution in [0.25, 0.3) is 6.08 Å². The van der Waals surface area contributed by atoms with Crippen molar-refractivity contribution in [3.63, 3.8) is 0 Å². The van der Waals surface area contributed by atoms with Gasteiger partial charge in [-0.15, -0.1) is 0 Å². The van der Waals surface area contributed by atoms with Gasteiger partial charge in [0.25, 0.3) is 0 Å². The van der Waals surface area contributed by atoms with Gasteiger partial charge in [0.15, 0.2) is 0 Å². The Balaban J connectivity index is 2.90. The number of amides is 1. The largest absolute Gasteiger partial charge is 0.471 e. The van der Waals surface area contributed by atoms with Crippen molar-refractivity contribution in [3.8, 4) is 0 Å². The molecule has 0 unspecified atom stereocenters. The molecule has 1 amide bonds. The standard InChI is InChI=1S/C13H11F4NO3/c1-2-21-11(19)6-4-8-3-5-9(14)10(7-8)18-12(20)13(15,16)17/h3-7H,2H2,1H3,(H,18,20). The van der Waals surface area contributed by atoms with Crippen LogP contribution in [-0.2, 0) is 14.3 Å². The minimum absolute atomic E-state index is 0.166. The van der Waals surface area contributed by atoms with Crippen LogP contribution in [0.5, 0.6) is 0 Å². The van der Waals surface area contributed by atoms with Gasteiger partial charge in [0, 0.05) is 6.08 Å². The highest BCUT2D eigenvalue weighted by molar-refractivity contribution is 5.95. The van der Waals surface area contributed by atoms with Gasteiger partial charge in [-0.3, -0.25) is 4.79 Å². The molecule has 8 heteroatoms. The maximum absolute atomic E-state index is 13.3. The maximum atomic E-state index is 13.3. The third-order valence-corrected chi connectivity index (χ3v) is 2.19. The molecule has 0 aliphatic heterocycles. The summed E-state index contributed by atoms with van der Waals surface area (Å²) < 4.78 is 54.2. The van der Waals surface area contributed by atoms with E-state index in [-0.39, 0.29) is 12.2 Å². The average molecular weight is 305 g/mol. The van der Waals surface area contributed by atoms with Crippen molar-refractivity contribution in [2.45, 2.75) is 13.1 Å². The summed E-state index contributed by atoms with van der Waals surface area (Å²) in [5, 5.41) is 1.41. The first-order valence-electron chi connectivity index (χ1n) is 5.76. The molecule has 0 saturated carbocycles. The lowest BCUT2D eigenvalue weighted by atomic mass is 10.1. The third-order valence-electron chi connectivity index (χ3n) is 2.19. The van der Waals surface area contributed by atoms with Gasteiger partial charge in [0.1, 0.15) is 5.82 Å². The summed E-state index contributed by atoms with van der Waals surface area (Å²) in [5.74, 6) is -3.96. The SMILES string of the molecule is CCOC(=O)C=Cc1ccc(F)c(NC(=O)C(F)(F)F)c1. The van der Waals surface area contributed by atoms with E-state index in [2.05, 4.69) is 4.74 Å². The van der Waals surface area contributed by atoms with Gasteiger partial charge < -0.3 is 10.1 Å². The lowest BCUT2D eigenvalue weighted by Crippen LogP contribution is -2.30. The van der Waals surface area contributed by atoms with Gasteiger partial charge in [-0.2, -0.15) is 13.2 Å². The second-order valence-corrected chi connectivity index (χ2v) is 3.78. The summed E-state index contributed by atoms with van der Waals surface area (Å²) >= 11 is 0. The highest BCUT2D eigenvalue weighted by atomic mass is 19.4. The average Bonchev–Trinajstić information content (AvgIpc) is 2.39. The molecule has 1 rings (SSSR count). The Morgan fingerprint density at radius 3 is 2.57 bits per heavy atom. The first kappa shape index (κ1) is 16.7. The molecular weight excluding hydrogens is 294 g/mol. The van der Waals surface area contributed by atoms with E-state index in [0.717, 1.165) is 18.2 Å². The predicted octanol–water partition coefficient (Wildman–Crippen LogP) is 2.90. The quantitative estimate of drug-likeness (QED) is 0.528. The fraction of sp³-hybridized carbons (Fsp3) is 0.231. The molecule has 0 bridgehead atoms. The molecule has 0 heterocycles. The number of carbonyl (C=O) groups is 2. The molecule has 114 valence electrons. The Morgan fingerprint density at radius 1 is 1.33 bits per heavy atom. The molecular formula is C13H11F4NO3. The number of hydrogen-bond acceptors (Lipinski definition) is 3. The number of esters is 1. The Bertz CT molecular complexity index is 567. The number of ether oxygens (including phenoxy) is 1. The lowest BCUT2D eigenvalue weighted by molar-refractivity contribution is -0.167. The first-order valence-corrected chi connectivity index (χ1v) is 5.76. The number of nitrogens with one attached hydrogen (secondary N) is 1. The number of halogens is 4. The number of alkyl halides is 3. The van der Waals surface area contributed by atoms with E-state index in [1.54, 1.807) is 6.92 Å². The summed E-state index contributed by atoms with van der Waals surface area (Å²) in [7, 11) is 0. The molecule has 0 saturated heterocycles. The van der Waals surface area contributed by atoms with Gasteiger partial charge in [-0.1, -0.05) is 6.07 Å². The van der Waals surface area contributed by atoms with Crippen LogP contribution in [0.4, 0.5) is 23.2 Å². The maximum Gasteiger partial charge on any atom is 0.471 e. The zero-order chi connectivity index (χ0) is 16.0. The second-order valence-electron chi connectivity index (χ2n) is 3.78. The minimum Gasteiger partial charge on any atom is -0.463 e. The molecule has 0 aliphatic carbocycles. The van der Waals surface area contributed by atoms with Gasteiger partial charge >= 0.3 is 18.1 Å². The fourth-order valence-electron chi connectivity index (χ4n) is 1.29. The number of anilines is 1. The molecule has 0 spiro atoms. The molecule has 0 aromatic heterocycles. The highest BCUT2D eigenvalue weighted by Crippen LogP contribution is 2.21. The van der Waals surface area contributed by atoms with Crippen LogP contribution in [0.15, 0.2) is 24.3 Å². The fourth-order valence-corrected chi connectivity index (χ4v) is 1.29. The molecule has 0 radical (unpaired) electrons. The van der Waals surface area contributed by atoms with Crippen molar-refractivity contribution < 1.29 is 31.9 Å².